The molecule has 140 valence electrons. The lowest BCUT2D eigenvalue weighted by Gasteiger charge is -2.26. The van der Waals surface area contributed by atoms with Crippen molar-refractivity contribution < 1.29 is 9.59 Å². The third-order valence-corrected chi connectivity index (χ3v) is 4.95. The predicted octanol–water partition coefficient (Wildman–Crippen LogP) is 2.54. The number of nitrogens with two attached hydrogens (primary N) is 1. The molecule has 0 aromatic heterocycles. The maximum absolute atomic E-state index is 12.3. The van der Waals surface area contributed by atoms with E-state index in [0.29, 0.717) is 24.4 Å². The van der Waals surface area contributed by atoms with E-state index >= 15 is 0 Å². The van der Waals surface area contributed by atoms with Crippen LogP contribution in [0.25, 0.3) is 0 Å². The number of thioether (sulfide) groups is 1. The number of rotatable bonds is 6. The lowest BCUT2D eigenvalue weighted by atomic mass is 10.0. The monoisotopic (exact) mass is 385 g/mol. The van der Waals surface area contributed by atoms with Crippen LogP contribution in [0.4, 0.5) is 5.69 Å². The summed E-state index contributed by atoms with van der Waals surface area (Å²) in [6.07, 6.45) is 1.07. The van der Waals surface area contributed by atoms with Gasteiger partial charge in [-0.1, -0.05) is 26.0 Å². The molecule has 0 radical (unpaired) electrons. The maximum atomic E-state index is 12.3. The minimum absolute atomic E-state index is 0. The van der Waals surface area contributed by atoms with Gasteiger partial charge < -0.3 is 16.0 Å². The molecule has 5 nitrogen and oxygen atoms in total. The molecule has 25 heavy (non-hydrogen) atoms. The Hall–Kier alpha value is -1.24. The van der Waals surface area contributed by atoms with E-state index in [2.05, 4.69) is 5.32 Å². The standard InChI is InChI=1S/C18H27N3O2S.ClH/c1-13(2)11-16(19)18(23)20-15-5-3-14(4-6-15)12-17(22)21-7-9-24-10-8-21;/h3-6,13,16H,7-12,19H2,1-2H3,(H,20,23);1H/t16-;/m0./s1. The van der Waals surface area contributed by atoms with Crippen LogP contribution >= 0.6 is 24.2 Å². The summed E-state index contributed by atoms with van der Waals surface area (Å²) in [5, 5.41) is 2.83. The number of benzene rings is 1. The first-order valence-corrected chi connectivity index (χ1v) is 9.62. The van der Waals surface area contributed by atoms with Gasteiger partial charge in [0.25, 0.3) is 0 Å². The van der Waals surface area contributed by atoms with Crippen LogP contribution in [0.15, 0.2) is 24.3 Å². The quantitative estimate of drug-likeness (QED) is 0.789. The molecular formula is C18H28ClN3O2S. The van der Waals surface area contributed by atoms with Crippen LogP contribution in [0.3, 0.4) is 0 Å². The molecule has 0 saturated carbocycles. The zero-order valence-electron chi connectivity index (χ0n) is 14.9. The molecular weight excluding hydrogens is 358 g/mol. The van der Waals surface area contributed by atoms with Gasteiger partial charge in [0.2, 0.25) is 11.8 Å². The zero-order chi connectivity index (χ0) is 17.5. The smallest absolute Gasteiger partial charge is 0.241 e. The number of carbonyl (C=O) groups is 2. The van der Waals surface area contributed by atoms with Gasteiger partial charge in [-0.05, 0) is 30.0 Å². The fraction of sp³-hybridized carbons (Fsp3) is 0.556. The SMILES string of the molecule is CC(C)C[C@H](N)C(=O)Nc1ccc(CC(=O)N2CCSCC2)cc1.Cl. The van der Waals surface area contributed by atoms with Crippen LogP contribution in [-0.2, 0) is 16.0 Å². The number of carbonyl (C=O) groups excluding carboxylic acids is 2. The summed E-state index contributed by atoms with van der Waals surface area (Å²) in [5.74, 6) is 2.43. The average Bonchev–Trinajstić information content (AvgIpc) is 2.56. The lowest BCUT2D eigenvalue weighted by molar-refractivity contribution is -0.130. The second-order valence-corrected chi connectivity index (χ2v) is 7.82. The largest absolute Gasteiger partial charge is 0.341 e. The van der Waals surface area contributed by atoms with Crippen LogP contribution in [0.5, 0.6) is 0 Å². The molecule has 0 unspecified atom stereocenters. The molecule has 0 aliphatic carbocycles. The molecule has 1 atom stereocenters. The Kier molecular flexibility index (Phi) is 9.32. The summed E-state index contributed by atoms with van der Waals surface area (Å²) >= 11 is 1.89. The Morgan fingerprint density at radius 1 is 1.20 bits per heavy atom. The van der Waals surface area contributed by atoms with Crippen LogP contribution in [0.2, 0.25) is 0 Å². The average molecular weight is 386 g/mol. The van der Waals surface area contributed by atoms with Crippen molar-refractivity contribution in [3.8, 4) is 0 Å². The second kappa shape index (κ2) is 10.7. The fourth-order valence-electron chi connectivity index (χ4n) is 2.65. The molecule has 0 bridgehead atoms. The third-order valence-electron chi connectivity index (χ3n) is 4.00. The van der Waals surface area contributed by atoms with Gasteiger partial charge in [0.15, 0.2) is 0 Å². The van der Waals surface area contributed by atoms with Crippen molar-refractivity contribution >= 4 is 41.7 Å². The minimum Gasteiger partial charge on any atom is -0.341 e. The highest BCUT2D eigenvalue weighted by atomic mass is 35.5. The highest BCUT2D eigenvalue weighted by Crippen LogP contribution is 2.14. The number of amides is 2. The number of anilines is 1. The Labute approximate surface area is 160 Å². The second-order valence-electron chi connectivity index (χ2n) is 6.59. The molecule has 1 saturated heterocycles. The Balaban J connectivity index is 0.00000312. The Morgan fingerprint density at radius 3 is 2.36 bits per heavy atom. The highest BCUT2D eigenvalue weighted by molar-refractivity contribution is 7.99. The van der Waals surface area contributed by atoms with E-state index in [-0.39, 0.29) is 24.2 Å². The van der Waals surface area contributed by atoms with Crippen molar-refractivity contribution in [3.05, 3.63) is 29.8 Å². The van der Waals surface area contributed by atoms with Crippen LogP contribution in [-0.4, -0.2) is 47.4 Å². The molecule has 1 aliphatic heterocycles. The molecule has 1 fully saturated rings. The number of nitrogens with zero attached hydrogens (tertiary/aromatic N) is 1. The molecule has 1 heterocycles. The highest BCUT2D eigenvalue weighted by Gasteiger charge is 2.17. The van der Waals surface area contributed by atoms with Gasteiger partial charge in [0.1, 0.15) is 0 Å². The maximum Gasteiger partial charge on any atom is 0.241 e. The van der Waals surface area contributed by atoms with E-state index in [1.807, 2.05) is 54.8 Å². The zero-order valence-corrected chi connectivity index (χ0v) is 16.5. The number of halogens is 1. The number of hydrogen-bond acceptors (Lipinski definition) is 4. The van der Waals surface area contributed by atoms with Gasteiger partial charge in [-0.25, -0.2) is 0 Å². The molecule has 1 aromatic rings. The summed E-state index contributed by atoms with van der Waals surface area (Å²) < 4.78 is 0. The van der Waals surface area contributed by atoms with Gasteiger partial charge in [-0.3, -0.25) is 9.59 Å². The van der Waals surface area contributed by atoms with Crippen LogP contribution in [0.1, 0.15) is 25.8 Å². The van der Waals surface area contributed by atoms with Gasteiger partial charge >= 0.3 is 0 Å². The van der Waals surface area contributed by atoms with E-state index in [0.717, 1.165) is 30.2 Å². The van der Waals surface area contributed by atoms with Crippen molar-refractivity contribution in [2.45, 2.75) is 32.7 Å². The Morgan fingerprint density at radius 2 is 1.80 bits per heavy atom. The van der Waals surface area contributed by atoms with Gasteiger partial charge in [0, 0.05) is 30.3 Å². The van der Waals surface area contributed by atoms with Crippen molar-refractivity contribution in [2.24, 2.45) is 11.7 Å². The molecule has 3 N–H and O–H groups in total. The number of nitrogens with one attached hydrogen (secondary N) is 1. The van der Waals surface area contributed by atoms with E-state index in [1.165, 1.54) is 0 Å². The molecule has 1 aliphatic rings. The van der Waals surface area contributed by atoms with Crippen molar-refractivity contribution in [3.63, 3.8) is 0 Å². The summed E-state index contributed by atoms with van der Waals surface area (Å²) in [6.45, 7) is 5.76. The summed E-state index contributed by atoms with van der Waals surface area (Å²) in [4.78, 5) is 26.2. The Bertz CT molecular complexity index is 560. The van der Waals surface area contributed by atoms with E-state index in [9.17, 15) is 9.59 Å². The van der Waals surface area contributed by atoms with Crippen LogP contribution < -0.4 is 11.1 Å². The third kappa shape index (κ3) is 7.26. The first kappa shape index (κ1) is 21.8. The summed E-state index contributed by atoms with van der Waals surface area (Å²) in [5.41, 5.74) is 7.55. The van der Waals surface area contributed by atoms with E-state index < -0.39 is 6.04 Å². The molecule has 7 heteroatoms. The van der Waals surface area contributed by atoms with Gasteiger partial charge in [0.05, 0.1) is 12.5 Å². The molecule has 2 rings (SSSR count). The fourth-order valence-corrected chi connectivity index (χ4v) is 3.56. The van der Waals surface area contributed by atoms with Gasteiger partial charge in [-0.2, -0.15) is 11.8 Å². The van der Waals surface area contributed by atoms with Crippen molar-refractivity contribution in [1.29, 1.82) is 0 Å². The number of hydrogen-bond donors (Lipinski definition) is 2. The predicted molar refractivity (Wildman–Crippen MR) is 107 cm³/mol. The van der Waals surface area contributed by atoms with Crippen molar-refractivity contribution in [1.82, 2.24) is 4.90 Å². The van der Waals surface area contributed by atoms with E-state index in [4.69, 9.17) is 5.73 Å². The van der Waals surface area contributed by atoms with Gasteiger partial charge in [-0.15, -0.1) is 12.4 Å². The molecule has 0 spiro atoms. The van der Waals surface area contributed by atoms with Crippen molar-refractivity contribution in [2.75, 3.05) is 29.9 Å². The molecule has 1 aromatic carbocycles. The first-order valence-electron chi connectivity index (χ1n) is 8.46. The first-order chi connectivity index (χ1) is 11.5. The molecule has 2 amide bonds. The topological polar surface area (TPSA) is 75.4 Å². The summed E-state index contributed by atoms with van der Waals surface area (Å²) in [7, 11) is 0. The normalized spacial score (nSPS) is 15.4. The summed E-state index contributed by atoms with van der Waals surface area (Å²) in [6, 6.07) is 6.94. The minimum atomic E-state index is -0.497. The van der Waals surface area contributed by atoms with Crippen LogP contribution in [0, 0.1) is 5.92 Å². The lowest BCUT2D eigenvalue weighted by Crippen LogP contribution is -2.38. The van der Waals surface area contributed by atoms with E-state index in [1.54, 1.807) is 0 Å².